The SMILES string of the molecule is COC(=O)[C@@](C)(N)Cc1c[nH]c2ccc(OC)cc12. The van der Waals surface area contributed by atoms with E-state index in [1.54, 1.807) is 14.0 Å². The van der Waals surface area contributed by atoms with Gasteiger partial charge in [-0.05, 0) is 30.7 Å². The number of fused-ring (bicyclic) bond motifs is 1. The quantitative estimate of drug-likeness (QED) is 0.821. The van der Waals surface area contributed by atoms with E-state index in [4.69, 9.17) is 15.2 Å². The normalized spacial score (nSPS) is 14.1. The topological polar surface area (TPSA) is 77.3 Å². The molecule has 0 fully saturated rings. The van der Waals surface area contributed by atoms with E-state index < -0.39 is 11.5 Å². The number of hydrogen-bond acceptors (Lipinski definition) is 4. The van der Waals surface area contributed by atoms with Crippen molar-refractivity contribution in [2.45, 2.75) is 18.9 Å². The molecule has 5 heteroatoms. The van der Waals surface area contributed by atoms with E-state index >= 15 is 0 Å². The molecule has 0 saturated heterocycles. The maximum atomic E-state index is 11.6. The highest BCUT2D eigenvalue weighted by molar-refractivity contribution is 5.87. The van der Waals surface area contributed by atoms with Crippen molar-refractivity contribution < 1.29 is 14.3 Å². The van der Waals surface area contributed by atoms with Crippen LogP contribution >= 0.6 is 0 Å². The molecular weight excluding hydrogens is 244 g/mol. The van der Waals surface area contributed by atoms with Gasteiger partial charge in [-0.3, -0.25) is 4.79 Å². The Labute approximate surface area is 111 Å². The van der Waals surface area contributed by atoms with E-state index in [-0.39, 0.29) is 0 Å². The lowest BCUT2D eigenvalue weighted by Crippen LogP contribution is -2.47. The summed E-state index contributed by atoms with van der Waals surface area (Å²) in [6, 6.07) is 5.74. The van der Waals surface area contributed by atoms with Crippen LogP contribution in [0, 0.1) is 0 Å². The second-order valence-corrected chi connectivity index (χ2v) is 4.81. The van der Waals surface area contributed by atoms with Crippen molar-refractivity contribution in [2.75, 3.05) is 14.2 Å². The lowest BCUT2D eigenvalue weighted by atomic mass is 9.94. The number of carbonyl (C=O) groups is 1. The van der Waals surface area contributed by atoms with Gasteiger partial charge in [0.25, 0.3) is 0 Å². The highest BCUT2D eigenvalue weighted by Gasteiger charge is 2.30. The maximum Gasteiger partial charge on any atom is 0.325 e. The third kappa shape index (κ3) is 2.56. The van der Waals surface area contributed by atoms with Crippen LogP contribution in [0.25, 0.3) is 10.9 Å². The summed E-state index contributed by atoms with van der Waals surface area (Å²) in [5.41, 5.74) is 6.90. The molecule has 1 aromatic carbocycles. The predicted molar refractivity (Wildman–Crippen MR) is 73.2 cm³/mol. The monoisotopic (exact) mass is 262 g/mol. The Morgan fingerprint density at radius 3 is 2.79 bits per heavy atom. The molecule has 1 heterocycles. The van der Waals surface area contributed by atoms with Gasteiger partial charge in [0, 0.05) is 23.5 Å². The molecule has 0 saturated carbocycles. The number of nitrogens with two attached hydrogens (primary N) is 1. The number of esters is 1. The van der Waals surface area contributed by atoms with Crippen molar-refractivity contribution in [3.8, 4) is 5.75 Å². The van der Waals surface area contributed by atoms with Gasteiger partial charge in [-0.15, -0.1) is 0 Å². The number of methoxy groups -OCH3 is 2. The van der Waals surface area contributed by atoms with E-state index in [0.717, 1.165) is 22.2 Å². The summed E-state index contributed by atoms with van der Waals surface area (Å²) < 4.78 is 9.93. The van der Waals surface area contributed by atoms with Crippen molar-refractivity contribution in [1.29, 1.82) is 0 Å². The van der Waals surface area contributed by atoms with E-state index in [1.807, 2.05) is 24.4 Å². The molecule has 1 atom stereocenters. The maximum absolute atomic E-state index is 11.6. The molecule has 0 bridgehead atoms. The second kappa shape index (κ2) is 4.93. The van der Waals surface area contributed by atoms with E-state index in [9.17, 15) is 4.79 Å². The molecule has 0 aliphatic rings. The van der Waals surface area contributed by atoms with Crippen molar-refractivity contribution >= 4 is 16.9 Å². The Balaban J connectivity index is 2.38. The number of aromatic nitrogens is 1. The lowest BCUT2D eigenvalue weighted by molar-refractivity contribution is -0.146. The fourth-order valence-electron chi connectivity index (χ4n) is 2.13. The van der Waals surface area contributed by atoms with Gasteiger partial charge in [-0.1, -0.05) is 0 Å². The third-order valence-electron chi connectivity index (χ3n) is 3.18. The van der Waals surface area contributed by atoms with Gasteiger partial charge in [0.1, 0.15) is 11.3 Å². The van der Waals surface area contributed by atoms with Gasteiger partial charge < -0.3 is 20.2 Å². The number of nitrogens with one attached hydrogen (secondary N) is 1. The van der Waals surface area contributed by atoms with Crippen LogP contribution in [0.2, 0.25) is 0 Å². The number of hydrogen-bond donors (Lipinski definition) is 2. The van der Waals surface area contributed by atoms with Gasteiger partial charge >= 0.3 is 5.97 Å². The standard InChI is InChI=1S/C14H18N2O3/c1-14(15,13(17)19-3)7-9-8-16-12-5-4-10(18-2)6-11(9)12/h4-6,8,16H,7,15H2,1-3H3/t14-/m0/s1. The van der Waals surface area contributed by atoms with Crippen LogP contribution in [-0.2, 0) is 16.0 Å². The molecule has 3 N–H and O–H groups in total. The highest BCUT2D eigenvalue weighted by Crippen LogP contribution is 2.26. The fourth-order valence-corrected chi connectivity index (χ4v) is 2.13. The zero-order valence-corrected chi connectivity index (χ0v) is 11.3. The van der Waals surface area contributed by atoms with Crippen molar-refractivity contribution in [2.24, 2.45) is 5.73 Å². The summed E-state index contributed by atoms with van der Waals surface area (Å²) >= 11 is 0. The molecule has 5 nitrogen and oxygen atoms in total. The van der Waals surface area contributed by atoms with Gasteiger partial charge in [-0.2, -0.15) is 0 Å². The Bertz CT molecular complexity index is 602. The van der Waals surface area contributed by atoms with Gasteiger partial charge in [-0.25, -0.2) is 0 Å². The average Bonchev–Trinajstić information content (AvgIpc) is 2.79. The smallest absolute Gasteiger partial charge is 0.325 e. The first-order valence-corrected chi connectivity index (χ1v) is 5.99. The van der Waals surface area contributed by atoms with Crippen LogP contribution < -0.4 is 10.5 Å². The number of rotatable bonds is 4. The van der Waals surface area contributed by atoms with Crippen molar-refractivity contribution in [3.05, 3.63) is 30.0 Å². The summed E-state index contributed by atoms with van der Waals surface area (Å²) in [6.45, 7) is 1.66. The Morgan fingerprint density at radius 1 is 1.42 bits per heavy atom. The molecule has 19 heavy (non-hydrogen) atoms. The molecule has 2 rings (SSSR count). The van der Waals surface area contributed by atoms with Crippen molar-refractivity contribution in [3.63, 3.8) is 0 Å². The first-order valence-electron chi connectivity index (χ1n) is 5.99. The second-order valence-electron chi connectivity index (χ2n) is 4.81. The number of ether oxygens (including phenoxy) is 2. The molecule has 0 amide bonds. The van der Waals surface area contributed by atoms with Crippen LogP contribution in [-0.4, -0.2) is 30.7 Å². The molecule has 0 unspecified atom stereocenters. The summed E-state index contributed by atoms with van der Waals surface area (Å²) in [6.07, 6.45) is 2.25. The van der Waals surface area contributed by atoms with E-state index in [1.165, 1.54) is 7.11 Å². The molecule has 0 aliphatic heterocycles. The van der Waals surface area contributed by atoms with Crippen LogP contribution in [0.1, 0.15) is 12.5 Å². The van der Waals surface area contributed by atoms with Crippen molar-refractivity contribution in [1.82, 2.24) is 4.98 Å². The van der Waals surface area contributed by atoms with Crippen LogP contribution in [0.15, 0.2) is 24.4 Å². The molecule has 0 radical (unpaired) electrons. The molecular formula is C14H18N2O3. The van der Waals surface area contributed by atoms with E-state index in [2.05, 4.69) is 4.98 Å². The molecule has 102 valence electrons. The first-order chi connectivity index (χ1) is 8.97. The van der Waals surface area contributed by atoms with Gasteiger partial charge in [0.05, 0.1) is 14.2 Å². The third-order valence-corrected chi connectivity index (χ3v) is 3.18. The Hall–Kier alpha value is -2.01. The van der Waals surface area contributed by atoms with E-state index in [0.29, 0.717) is 6.42 Å². The first kappa shape index (κ1) is 13.4. The van der Waals surface area contributed by atoms with Crippen LogP contribution in [0.4, 0.5) is 0 Å². The Morgan fingerprint density at radius 2 is 2.16 bits per heavy atom. The zero-order chi connectivity index (χ0) is 14.0. The zero-order valence-electron chi connectivity index (χ0n) is 11.3. The average molecular weight is 262 g/mol. The molecule has 0 spiro atoms. The Kier molecular flexibility index (Phi) is 3.48. The highest BCUT2D eigenvalue weighted by atomic mass is 16.5. The van der Waals surface area contributed by atoms with Gasteiger partial charge in [0.2, 0.25) is 0 Å². The summed E-state index contributed by atoms with van der Waals surface area (Å²) in [5.74, 6) is 0.342. The number of aromatic amines is 1. The molecule has 2 aromatic rings. The fraction of sp³-hybridized carbons (Fsp3) is 0.357. The largest absolute Gasteiger partial charge is 0.497 e. The summed E-state index contributed by atoms with van der Waals surface area (Å²) in [4.78, 5) is 14.8. The minimum atomic E-state index is -1.05. The number of carbonyl (C=O) groups excluding carboxylic acids is 1. The minimum Gasteiger partial charge on any atom is -0.497 e. The molecule has 0 aliphatic carbocycles. The minimum absolute atomic E-state index is 0.396. The predicted octanol–water partition coefficient (Wildman–Crippen LogP) is 1.61. The lowest BCUT2D eigenvalue weighted by Gasteiger charge is -2.20. The summed E-state index contributed by atoms with van der Waals surface area (Å²) in [7, 11) is 2.96. The van der Waals surface area contributed by atoms with Crippen LogP contribution in [0.3, 0.4) is 0 Å². The number of H-pyrrole nitrogens is 1. The summed E-state index contributed by atoms with van der Waals surface area (Å²) in [5, 5.41) is 1.000. The van der Waals surface area contributed by atoms with Crippen LogP contribution in [0.5, 0.6) is 5.75 Å². The number of benzene rings is 1. The van der Waals surface area contributed by atoms with Gasteiger partial charge in [0.15, 0.2) is 0 Å². The molecule has 1 aromatic heterocycles.